The topological polar surface area (TPSA) is 95.0 Å². The van der Waals surface area contributed by atoms with Crippen LogP contribution in [0, 0.1) is 5.92 Å². The van der Waals surface area contributed by atoms with Crippen LogP contribution in [0.2, 0.25) is 5.02 Å². The molecule has 0 spiro atoms. The molecule has 0 bridgehead atoms. The highest BCUT2D eigenvalue weighted by molar-refractivity contribution is 7.92. The van der Waals surface area contributed by atoms with Crippen molar-refractivity contribution < 1.29 is 49.5 Å². The highest BCUT2D eigenvalue weighted by Gasteiger charge is 2.72. The third-order valence-electron chi connectivity index (χ3n) is 9.30. The van der Waals surface area contributed by atoms with E-state index in [1.807, 2.05) is 0 Å². The number of rotatable bonds is 4. The molecule has 2 saturated heterocycles. The standard InChI is InChI=1S/C29H29ClF6N2O5S/c1-17(39)37-13-10-18(11-14-37)25(40)38-15-12-26(44(42,43)22-6-4-21(30)5-7-22)23-8-3-20(16-19(23)2-9-24(26)38)27(41,28(31,32)33)29(34,35)36/h3-8,16,18,24,41H,2,9-15H2,1H3. The number of nitrogens with zero attached hydrogens (tertiary/aromatic N) is 2. The molecule has 2 fully saturated rings. The zero-order valence-electron chi connectivity index (χ0n) is 23.4. The van der Waals surface area contributed by atoms with Gasteiger partial charge in [-0.05, 0) is 67.5 Å². The Balaban J connectivity index is 1.62. The Bertz CT molecular complexity index is 1560. The maximum absolute atomic E-state index is 14.5. The SMILES string of the molecule is CC(=O)N1CCC(C(=O)N2CCC3(S(=O)(=O)c4ccc(Cl)cc4)c4ccc(C(O)(C(F)(F)F)C(F)(F)F)cc4CCC23)CC1. The molecule has 2 unspecified atom stereocenters. The first-order chi connectivity index (χ1) is 20.4. The summed E-state index contributed by atoms with van der Waals surface area (Å²) in [6, 6.07) is 6.20. The maximum atomic E-state index is 14.5. The number of benzene rings is 2. The van der Waals surface area contributed by atoms with Gasteiger partial charge in [0.15, 0.2) is 9.84 Å². The van der Waals surface area contributed by atoms with Gasteiger partial charge in [-0.15, -0.1) is 0 Å². The number of piperidine rings is 1. The molecule has 2 amide bonds. The fourth-order valence-electron chi connectivity index (χ4n) is 7.00. The fourth-order valence-corrected chi connectivity index (χ4v) is 9.50. The van der Waals surface area contributed by atoms with Crippen LogP contribution in [-0.4, -0.2) is 73.2 Å². The van der Waals surface area contributed by atoms with E-state index in [1.54, 1.807) is 4.90 Å². The lowest BCUT2D eigenvalue weighted by Crippen LogP contribution is -2.55. The first-order valence-electron chi connectivity index (χ1n) is 13.9. The van der Waals surface area contributed by atoms with E-state index in [0.29, 0.717) is 38.1 Å². The van der Waals surface area contributed by atoms with Crippen molar-refractivity contribution in [1.29, 1.82) is 0 Å². The van der Waals surface area contributed by atoms with Crippen LogP contribution >= 0.6 is 11.6 Å². The van der Waals surface area contributed by atoms with Crippen molar-refractivity contribution in [3.8, 4) is 0 Å². The summed E-state index contributed by atoms with van der Waals surface area (Å²) in [5.74, 6) is -0.927. The minimum atomic E-state index is -6.11. The molecule has 1 aliphatic carbocycles. The van der Waals surface area contributed by atoms with E-state index < -0.39 is 50.1 Å². The third kappa shape index (κ3) is 4.87. The zero-order valence-corrected chi connectivity index (χ0v) is 25.0. The number of carbonyl (C=O) groups is 2. The Kier molecular flexibility index (Phi) is 8.07. The summed E-state index contributed by atoms with van der Waals surface area (Å²) in [5.41, 5.74) is -6.76. The van der Waals surface area contributed by atoms with Gasteiger partial charge in [0.1, 0.15) is 4.75 Å². The van der Waals surface area contributed by atoms with Crippen molar-refractivity contribution in [2.24, 2.45) is 5.92 Å². The van der Waals surface area contributed by atoms with E-state index in [0.717, 1.165) is 6.07 Å². The molecule has 15 heteroatoms. The van der Waals surface area contributed by atoms with Crippen molar-refractivity contribution in [3.05, 3.63) is 64.2 Å². The zero-order chi connectivity index (χ0) is 32.5. The van der Waals surface area contributed by atoms with E-state index >= 15 is 0 Å². The predicted molar refractivity (Wildman–Crippen MR) is 146 cm³/mol. The van der Waals surface area contributed by atoms with Crippen LogP contribution in [0.25, 0.3) is 0 Å². The Hall–Kier alpha value is -2.84. The summed E-state index contributed by atoms with van der Waals surface area (Å²) in [5, 5.41) is 10.3. The number of fused-ring (bicyclic) bond motifs is 3. The summed E-state index contributed by atoms with van der Waals surface area (Å²) in [6.07, 6.45) is -11.8. The highest BCUT2D eigenvalue weighted by Crippen LogP contribution is 2.55. The number of aliphatic hydroxyl groups is 1. The predicted octanol–water partition coefficient (Wildman–Crippen LogP) is 5.13. The van der Waals surface area contributed by atoms with Crippen LogP contribution in [0.3, 0.4) is 0 Å². The lowest BCUT2D eigenvalue weighted by molar-refractivity contribution is -0.376. The molecule has 2 aromatic carbocycles. The second-order valence-corrected chi connectivity index (χ2v) is 14.2. The highest BCUT2D eigenvalue weighted by atomic mass is 35.5. The second kappa shape index (κ2) is 10.9. The van der Waals surface area contributed by atoms with Crippen LogP contribution in [0.15, 0.2) is 47.4 Å². The fraction of sp³-hybridized carbons (Fsp3) is 0.517. The van der Waals surface area contributed by atoms with Gasteiger partial charge in [0, 0.05) is 43.1 Å². The summed E-state index contributed by atoms with van der Waals surface area (Å²) >= 11 is 5.97. The molecule has 7 nitrogen and oxygen atoms in total. The van der Waals surface area contributed by atoms with Crippen molar-refractivity contribution in [3.63, 3.8) is 0 Å². The molecule has 5 rings (SSSR count). The van der Waals surface area contributed by atoms with E-state index in [2.05, 4.69) is 0 Å². The minimum absolute atomic E-state index is 0.0131. The molecule has 0 saturated carbocycles. The summed E-state index contributed by atoms with van der Waals surface area (Å²) < 4.78 is 109. The van der Waals surface area contributed by atoms with Gasteiger partial charge in [0.2, 0.25) is 11.8 Å². The molecule has 0 radical (unpaired) electrons. The molecule has 2 heterocycles. The Morgan fingerprint density at radius 1 is 0.932 bits per heavy atom. The van der Waals surface area contributed by atoms with Gasteiger partial charge in [-0.25, -0.2) is 8.42 Å². The van der Waals surface area contributed by atoms with Crippen molar-refractivity contribution in [1.82, 2.24) is 9.80 Å². The smallest absolute Gasteiger partial charge is 0.369 e. The monoisotopic (exact) mass is 666 g/mol. The van der Waals surface area contributed by atoms with E-state index in [9.17, 15) is 49.5 Å². The van der Waals surface area contributed by atoms with Crippen molar-refractivity contribution in [2.75, 3.05) is 19.6 Å². The second-order valence-electron chi connectivity index (χ2n) is 11.5. The molecule has 240 valence electrons. The molecular formula is C29H29ClF6N2O5S. The number of alkyl halides is 6. The lowest BCUT2D eigenvalue weighted by atomic mass is 9.76. The quantitative estimate of drug-likeness (QED) is 0.457. The average Bonchev–Trinajstić information content (AvgIpc) is 3.37. The van der Waals surface area contributed by atoms with Gasteiger partial charge in [0.25, 0.3) is 5.60 Å². The molecule has 44 heavy (non-hydrogen) atoms. The average molecular weight is 667 g/mol. The molecule has 3 aliphatic rings. The maximum Gasteiger partial charge on any atom is 0.430 e. The largest absolute Gasteiger partial charge is 0.430 e. The summed E-state index contributed by atoms with van der Waals surface area (Å²) in [4.78, 5) is 28.5. The van der Waals surface area contributed by atoms with E-state index in [-0.39, 0.29) is 58.7 Å². The van der Waals surface area contributed by atoms with Gasteiger partial charge in [-0.3, -0.25) is 9.59 Å². The molecule has 2 aliphatic heterocycles. The third-order valence-corrected chi connectivity index (χ3v) is 12.1. The number of aryl methyl sites for hydroxylation is 1. The normalized spacial score (nSPS) is 23.3. The molecule has 2 atom stereocenters. The van der Waals surface area contributed by atoms with Gasteiger partial charge in [-0.2, -0.15) is 26.3 Å². The van der Waals surface area contributed by atoms with Crippen molar-refractivity contribution >= 4 is 33.3 Å². The number of likely N-dealkylation sites (tertiary alicyclic amines) is 2. The Labute approximate surface area is 254 Å². The number of amides is 2. The number of carbonyl (C=O) groups excluding carboxylic acids is 2. The summed E-state index contributed by atoms with van der Waals surface area (Å²) in [7, 11) is -4.43. The number of hydrogen-bond acceptors (Lipinski definition) is 5. The van der Waals surface area contributed by atoms with Crippen LogP contribution in [0.4, 0.5) is 26.3 Å². The van der Waals surface area contributed by atoms with E-state index in [1.165, 1.54) is 36.1 Å². The van der Waals surface area contributed by atoms with Crippen LogP contribution in [-0.2, 0) is 36.2 Å². The number of sulfone groups is 1. The van der Waals surface area contributed by atoms with Gasteiger partial charge < -0.3 is 14.9 Å². The number of halogens is 7. The van der Waals surface area contributed by atoms with E-state index in [4.69, 9.17) is 11.6 Å². The minimum Gasteiger partial charge on any atom is -0.369 e. The first-order valence-corrected chi connectivity index (χ1v) is 15.8. The Morgan fingerprint density at radius 2 is 1.52 bits per heavy atom. The number of hydrogen-bond donors (Lipinski definition) is 1. The van der Waals surface area contributed by atoms with Crippen molar-refractivity contribution in [2.45, 2.75) is 72.7 Å². The van der Waals surface area contributed by atoms with Gasteiger partial charge in [-0.1, -0.05) is 29.8 Å². The van der Waals surface area contributed by atoms with Crippen LogP contribution in [0.1, 0.15) is 49.3 Å². The van der Waals surface area contributed by atoms with Gasteiger partial charge in [0.05, 0.1) is 10.9 Å². The summed E-state index contributed by atoms with van der Waals surface area (Å²) in [6.45, 7) is 2.12. The van der Waals surface area contributed by atoms with Gasteiger partial charge >= 0.3 is 12.4 Å². The molecular weight excluding hydrogens is 638 g/mol. The first kappa shape index (κ1) is 32.6. The Morgan fingerprint density at radius 3 is 2.07 bits per heavy atom. The lowest BCUT2D eigenvalue weighted by Gasteiger charge is -2.44. The van der Waals surface area contributed by atoms with Crippen LogP contribution < -0.4 is 0 Å². The molecule has 1 N–H and O–H groups in total. The molecule has 0 aromatic heterocycles. The van der Waals surface area contributed by atoms with Crippen LogP contribution in [0.5, 0.6) is 0 Å². The molecule has 2 aromatic rings.